The van der Waals surface area contributed by atoms with Gasteiger partial charge < -0.3 is 15.2 Å². The van der Waals surface area contributed by atoms with Crippen molar-refractivity contribution in [2.75, 3.05) is 18.1 Å². The molecule has 0 aliphatic rings. The number of ether oxygens (including phenoxy) is 1. The number of aliphatic carboxylic acids is 1. The average molecular weight is 287 g/mol. The molecule has 1 aromatic rings. The minimum Gasteiger partial charge on any atom is -0.490 e. The van der Waals surface area contributed by atoms with Gasteiger partial charge in [0.2, 0.25) is 6.41 Å². The number of amides is 1. The van der Waals surface area contributed by atoms with Crippen LogP contribution in [0, 0.1) is 5.82 Å². The summed E-state index contributed by atoms with van der Waals surface area (Å²) in [5.41, 5.74) is 0. The van der Waals surface area contributed by atoms with Crippen LogP contribution < -0.4 is 10.1 Å². The molecular weight excluding hydrogens is 273 g/mol. The Bertz CT molecular complexity index is 430. The van der Waals surface area contributed by atoms with E-state index < -0.39 is 17.8 Å². The third-order valence-electron chi connectivity index (χ3n) is 2.17. The number of nitrogens with one attached hydrogen (secondary N) is 1. The number of benzene rings is 1. The molecule has 0 aromatic heterocycles. The van der Waals surface area contributed by atoms with Crippen LogP contribution in [-0.2, 0) is 9.59 Å². The van der Waals surface area contributed by atoms with E-state index >= 15 is 0 Å². The molecule has 7 heteroatoms. The molecule has 0 fully saturated rings. The Morgan fingerprint density at radius 3 is 2.89 bits per heavy atom. The molecule has 1 rings (SSSR count). The van der Waals surface area contributed by atoms with Crippen molar-refractivity contribution in [2.24, 2.45) is 0 Å². The van der Waals surface area contributed by atoms with Gasteiger partial charge in [-0.15, -0.1) is 0 Å². The summed E-state index contributed by atoms with van der Waals surface area (Å²) in [6.45, 7) is 0.263. The highest BCUT2D eigenvalue weighted by Crippen LogP contribution is 2.15. The topological polar surface area (TPSA) is 75.6 Å². The molecule has 1 atom stereocenters. The van der Waals surface area contributed by atoms with Gasteiger partial charge in [0.15, 0.2) is 11.6 Å². The maximum atomic E-state index is 13.2. The molecule has 1 unspecified atom stereocenters. The zero-order valence-corrected chi connectivity index (χ0v) is 10.9. The van der Waals surface area contributed by atoms with E-state index in [1.807, 2.05) is 0 Å². The minimum atomic E-state index is -1.09. The zero-order valence-electron chi connectivity index (χ0n) is 10.0. The molecule has 19 heavy (non-hydrogen) atoms. The number of hydrogen-bond acceptors (Lipinski definition) is 4. The van der Waals surface area contributed by atoms with Crippen molar-refractivity contribution in [3.8, 4) is 5.75 Å². The Labute approximate surface area is 114 Å². The van der Waals surface area contributed by atoms with E-state index in [1.165, 1.54) is 23.9 Å². The predicted molar refractivity (Wildman–Crippen MR) is 69.8 cm³/mol. The van der Waals surface area contributed by atoms with E-state index in [0.717, 1.165) is 0 Å². The Morgan fingerprint density at radius 2 is 2.26 bits per heavy atom. The first-order valence-corrected chi connectivity index (χ1v) is 6.68. The van der Waals surface area contributed by atoms with E-state index in [9.17, 15) is 14.0 Å². The first kappa shape index (κ1) is 15.3. The molecule has 5 nitrogen and oxygen atoms in total. The molecule has 1 aromatic carbocycles. The first-order valence-electron chi connectivity index (χ1n) is 5.52. The smallest absolute Gasteiger partial charge is 0.327 e. The van der Waals surface area contributed by atoms with Gasteiger partial charge in [0.1, 0.15) is 6.04 Å². The van der Waals surface area contributed by atoms with Crippen LogP contribution in [0.1, 0.15) is 0 Å². The van der Waals surface area contributed by atoms with Crippen LogP contribution in [0.25, 0.3) is 0 Å². The van der Waals surface area contributed by atoms with Gasteiger partial charge in [-0.1, -0.05) is 12.1 Å². The van der Waals surface area contributed by atoms with Gasteiger partial charge in [0, 0.05) is 11.5 Å². The lowest BCUT2D eigenvalue weighted by Crippen LogP contribution is -2.38. The van der Waals surface area contributed by atoms with Crippen LogP contribution in [0.5, 0.6) is 5.75 Å². The molecule has 0 saturated heterocycles. The van der Waals surface area contributed by atoms with E-state index in [0.29, 0.717) is 12.2 Å². The predicted octanol–water partition coefficient (Wildman–Crippen LogP) is 1.14. The van der Waals surface area contributed by atoms with Crippen LogP contribution in [0.4, 0.5) is 4.39 Å². The average Bonchev–Trinajstić information content (AvgIpc) is 2.39. The fourth-order valence-electron chi connectivity index (χ4n) is 1.25. The number of para-hydroxylation sites is 1. The maximum Gasteiger partial charge on any atom is 0.327 e. The second kappa shape index (κ2) is 8.36. The van der Waals surface area contributed by atoms with E-state index in [1.54, 1.807) is 12.1 Å². The summed E-state index contributed by atoms with van der Waals surface area (Å²) in [7, 11) is 0. The van der Waals surface area contributed by atoms with Crippen LogP contribution in [0.2, 0.25) is 0 Å². The van der Waals surface area contributed by atoms with Crippen molar-refractivity contribution in [3.63, 3.8) is 0 Å². The Kier molecular flexibility index (Phi) is 6.73. The van der Waals surface area contributed by atoms with Crippen LogP contribution in [0.3, 0.4) is 0 Å². The molecule has 1 amide bonds. The summed E-state index contributed by atoms with van der Waals surface area (Å²) in [6, 6.07) is 5.14. The molecular formula is C12H14FNO4S. The van der Waals surface area contributed by atoms with Gasteiger partial charge in [0.05, 0.1) is 6.61 Å². The summed E-state index contributed by atoms with van der Waals surface area (Å²) >= 11 is 1.31. The highest BCUT2D eigenvalue weighted by Gasteiger charge is 2.15. The summed E-state index contributed by atoms with van der Waals surface area (Å²) in [5, 5.41) is 11.0. The monoisotopic (exact) mass is 287 g/mol. The maximum absolute atomic E-state index is 13.2. The molecule has 0 spiro atoms. The normalized spacial score (nSPS) is 11.6. The van der Waals surface area contributed by atoms with E-state index in [4.69, 9.17) is 9.84 Å². The van der Waals surface area contributed by atoms with E-state index in [-0.39, 0.29) is 18.1 Å². The molecule has 0 radical (unpaired) electrons. The standard InChI is InChI=1S/C12H14FNO4S/c13-9-3-1-2-4-11(9)18-5-6-19-7-10(12(16)17)14-8-15/h1-4,8,10H,5-7H2,(H,14,15)(H,16,17). The van der Waals surface area contributed by atoms with Crippen molar-refractivity contribution in [1.29, 1.82) is 0 Å². The molecule has 104 valence electrons. The highest BCUT2D eigenvalue weighted by atomic mass is 32.2. The van der Waals surface area contributed by atoms with Crippen LogP contribution in [-0.4, -0.2) is 41.6 Å². The van der Waals surface area contributed by atoms with Gasteiger partial charge in [-0.3, -0.25) is 4.79 Å². The molecule has 0 bridgehead atoms. The number of halogens is 1. The summed E-state index contributed by atoms with van der Waals surface area (Å²) in [5.74, 6) is -0.620. The third kappa shape index (κ3) is 5.60. The van der Waals surface area contributed by atoms with Crippen molar-refractivity contribution in [2.45, 2.75) is 6.04 Å². The number of hydrogen-bond donors (Lipinski definition) is 2. The number of thioether (sulfide) groups is 1. The highest BCUT2D eigenvalue weighted by molar-refractivity contribution is 7.99. The Morgan fingerprint density at radius 1 is 1.53 bits per heavy atom. The minimum absolute atomic E-state index is 0.170. The number of rotatable bonds is 9. The largest absolute Gasteiger partial charge is 0.490 e. The van der Waals surface area contributed by atoms with Crippen molar-refractivity contribution in [1.82, 2.24) is 5.32 Å². The number of carbonyl (C=O) groups excluding carboxylic acids is 1. The van der Waals surface area contributed by atoms with E-state index in [2.05, 4.69) is 5.32 Å². The fourth-order valence-corrected chi connectivity index (χ4v) is 2.09. The molecule has 0 aliphatic carbocycles. The van der Waals surface area contributed by atoms with Crippen molar-refractivity contribution < 1.29 is 23.8 Å². The van der Waals surface area contributed by atoms with Crippen molar-refractivity contribution in [3.05, 3.63) is 30.1 Å². The Hall–Kier alpha value is -1.76. The van der Waals surface area contributed by atoms with Gasteiger partial charge in [-0.25, -0.2) is 9.18 Å². The number of carboxylic acid groups (broad SMARTS) is 1. The summed E-state index contributed by atoms with van der Waals surface area (Å²) < 4.78 is 18.4. The second-order valence-electron chi connectivity index (χ2n) is 3.53. The molecule has 2 N–H and O–H groups in total. The lowest BCUT2D eigenvalue weighted by atomic mass is 10.3. The number of carbonyl (C=O) groups is 2. The third-order valence-corrected chi connectivity index (χ3v) is 3.20. The van der Waals surface area contributed by atoms with Crippen LogP contribution in [0.15, 0.2) is 24.3 Å². The van der Waals surface area contributed by atoms with Gasteiger partial charge >= 0.3 is 5.97 Å². The van der Waals surface area contributed by atoms with Gasteiger partial charge in [0.25, 0.3) is 0 Å². The summed E-state index contributed by atoms with van der Waals surface area (Å²) in [6.07, 6.45) is 0.356. The van der Waals surface area contributed by atoms with Crippen LogP contribution >= 0.6 is 11.8 Å². The molecule has 0 aliphatic heterocycles. The second-order valence-corrected chi connectivity index (χ2v) is 4.68. The lowest BCUT2D eigenvalue weighted by Gasteiger charge is -2.11. The van der Waals surface area contributed by atoms with Gasteiger partial charge in [-0.2, -0.15) is 11.8 Å². The van der Waals surface area contributed by atoms with Crippen molar-refractivity contribution >= 4 is 24.1 Å². The Balaban J connectivity index is 2.22. The van der Waals surface area contributed by atoms with Gasteiger partial charge in [-0.05, 0) is 12.1 Å². The number of carboxylic acids is 1. The molecule has 0 saturated carbocycles. The molecule has 0 heterocycles. The quantitative estimate of drug-likeness (QED) is 0.526. The summed E-state index contributed by atoms with van der Waals surface area (Å²) in [4.78, 5) is 20.9. The fraction of sp³-hybridized carbons (Fsp3) is 0.333. The lowest BCUT2D eigenvalue weighted by molar-refractivity contribution is -0.139. The first-order chi connectivity index (χ1) is 9.15. The SMILES string of the molecule is O=CNC(CSCCOc1ccccc1F)C(=O)O. The zero-order chi connectivity index (χ0) is 14.1.